The molecule has 1 aliphatic heterocycles. The van der Waals surface area contributed by atoms with Crippen LogP contribution in [-0.4, -0.2) is 94.9 Å². The Bertz CT molecular complexity index is 1660. The van der Waals surface area contributed by atoms with Crippen molar-refractivity contribution in [3.63, 3.8) is 0 Å². The first-order chi connectivity index (χ1) is 19.3. The summed E-state index contributed by atoms with van der Waals surface area (Å²) in [5, 5.41) is 77.4. The van der Waals surface area contributed by atoms with Crippen LogP contribution in [0.15, 0.2) is 45.2 Å². The third kappa shape index (κ3) is 5.79. The molecule has 5 rings (SSSR count). The molecule has 5 atom stereocenters. The van der Waals surface area contributed by atoms with Gasteiger partial charge in [0.2, 0.25) is 12.1 Å². The predicted molar refractivity (Wildman–Crippen MR) is 134 cm³/mol. The van der Waals surface area contributed by atoms with E-state index in [1.165, 1.54) is 12.1 Å². The number of carboxylic acid groups (broad SMARTS) is 2. The van der Waals surface area contributed by atoms with Crippen molar-refractivity contribution in [1.82, 2.24) is 0 Å². The maximum atomic E-state index is 11.8. The minimum atomic E-state index is -1.82. The van der Waals surface area contributed by atoms with Gasteiger partial charge in [0.05, 0.1) is 24.1 Å². The summed E-state index contributed by atoms with van der Waals surface area (Å²) in [5.41, 5.74) is -0.262. The van der Waals surface area contributed by atoms with Gasteiger partial charge >= 0.3 is 11.4 Å². The number of phenols is 2. The van der Waals surface area contributed by atoms with Crippen LogP contribution >= 0.6 is 0 Å². The maximum absolute atomic E-state index is 11.8. The fourth-order valence-corrected chi connectivity index (χ4v) is 4.17. The van der Waals surface area contributed by atoms with Crippen molar-refractivity contribution in [2.24, 2.45) is 0 Å². The predicted octanol–water partition coefficient (Wildman–Crippen LogP) is 0.230. The summed E-state index contributed by atoms with van der Waals surface area (Å²) in [4.78, 5) is 30.9. The van der Waals surface area contributed by atoms with E-state index in [2.05, 4.69) is 0 Å². The Labute approximate surface area is 228 Å². The molecule has 1 saturated heterocycles. The van der Waals surface area contributed by atoms with Crippen LogP contribution in [0.2, 0.25) is 0 Å². The standard InChI is InChI=1S/C24H20O13.C2H4O2/c25-7-16-18(29)19(30)20(31)24(36-16)37-22-10-6-15(23(32)33)34-13-4-9(26)5-14(17(10)13)35-21(22)8-1-2-11(27)12(28)3-8;1-2(3)4/h1-6,16,18-20,24-25,27-31H,7H2,(H,32,33);1H3,(H,3,4)/p+1/t16-,18+,19-,20-,24+;/m0./s1. The SMILES string of the molecule is CC(=O)O.O=C(O)c1cc2c(O[C@H]3O[C@@H](CO)[C@@H](O)[C@H](O)[C@@H]3O)c(-c3ccc(O)c(O)c3)oc3cc(=[OH+])cc(o1)c32. The zero-order valence-electron chi connectivity index (χ0n) is 21.0. The Kier molecular flexibility index (Phi) is 8.18. The van der Waals surface area contributed by atoms with Gasteiger partial charge in [-0.05, 0) is 18.2 Å². The number of aliphatic hydroxyl groups is 4. The third-order valence-electron chi connectivity index (χ3n) is 6.01. The molecule has 3 heterocycles. The first-order valence-electron chi connectivity index (χ1n) is 11.8. The van der Waals surface area contributed by atoms with Gasteiger partial charge in [-0.3, -0.25) is 9.59 Å². The smallest absolute Gasteiger partial charge is 0.371 e. The van der Waals surface area contributed by atoms with Crippen molar-refractivity contribution in [2.45, 2.75) is 37.6 Å². The number of benzene rings is 2. The molecule has 2 aromatic heterocycles. The van der Waals surface area contributed by atoms with Crippen LogP contribution in [0.3, 0.4) is 0 Å². The lowest BCUT2D eigenvalue weighted by atomic mass is 9.99. The van der Waals surface area contributed by atoms with Crippen molar-refractivity contribution < 1.29 is 73.5 Å². The molecule has 0 amide bonds. The second-order valence-electron chi connectivity index (χ2n) is 8.94. The van der Waals surface area contributed by atoms with Crippen LogP contribution in [0, 0.1) is 0 Å². The van der Waals surface area contributed by atoms with E-state index in [-0.39, 0.29) is 44.4 Å². The molecular weight excluding hydrogens is 552 g/mol. The van der Waals surface area contributed by atoms with E-state index in [0.717, 1.165) is 31.2 Å². The Morgan fingerprint density at radius 3 is 2.15 bits per heavy atom. The summed E-state index contributed by atoms with van der Waals surface area (Å²) in [5.74, 6) is -4.20. The highest BCUT2D eigenvalue weighted by Crippen LogP contribution is 2.44. The van der Waals surface area contributed by atoms with E-state index in [4.69, 9.17) is 28.2 Å². The molecule has 0 bridgehead atoms. The van der Waals surface area contributed by atoms with Gasteiger partial charge in [-0.25, -0.2) is 4.79 Å². The average molecular weight is 577 g/mol. The number of ether oxygens (including phenoxy) is 2. The molecule has 4 aromatic rings. The molecule has 1 fully saturated rings. The molecule has 0 radical (unpaired) electrons. The lowest BCUT2D eigenvalue weighted by molar-refractivity contribution is -0.277. The minimum Gasteiger partial charge on any atom is -0.504 e. The molecule has 41 heavy (non-hydrogen) atoms. The van der Waals surface area contributed by atoms with E-state index >= 15 is 0 Å². The van der Waals surface area contributed by atoms with Crippen LogP contribution in [-0.2, 0) is 9.53 Å². The Hall–Kier alpha value is -4.67. The Balaban J connectivity index is 0.000000909. The zero-order chi connectivity index (χ0) is 30.2. The minimum absolute atomic E-state index is 0.0226. The zero-order valence-corrected chi connectivity index (χ0v) is 21.0. The molecule has 2 aromatic carbocycles. The maximum Gasteiger partial charge on any atom is 0.371 e. The number of rotatable bonds is 5. The van der Waals surface area contributed by atoms with Gasteiger partial charge in [0.25, 0.3) is 5.97 Å². The van der Waals surface area contributed by atoms with Gasteiger partial charge in [-0.15, -0.1) is 0 Å². The number of hydrogen-bond acceptors (Lipinski definition) is 12. The van der Waals surface area contributed by atoms with E-state index in [1.807, 2.05) is 0 Å². The second-order valence-corrected chi connectivity index (χ2v) is 8.94. The number of phenolic OH excluding ortho intramolecular Hbond substituents is 2. The van der Waals surface area contributed by atoms with E-state index in [9.17, 15) is 45.3 Å². The number of hydrogen-bond donors (Lipinski definition) is 8. The van der Waals surface area contributed by atoms with Gasteiger partial charge in [-0.2, -0.15) is 0 Å². The number of carbonyl (C=O) groups is 2. The molecule has 15 heteroatoms. The summed E-state index contributed by atoms with van der Waals surface area (Å²) in [6.45, 7) is 0.360. The number of aromatic hydroxyl groups is 2. The summed E-state index contributed by atoms with van der Waals surface area (Å²) >= 11 is 0. The highest BCUT2D eigenvalue weighted by atomic mass is 16.7. The number of aliphatic carboxylic acids is 1. The van der Waals surface area contributed by atoms with Gasteiger partial charge in [0, 0.05) is 23.9 Å². The topological polar surface area (TPSA) is 262 Å². The molecule has 0 saturated carbocycles. The van der Waals surface area contributed by atoms with Crippen molar-refractivity contribution in [1.29, 1.82) is 0 Å². The molecule has 1 aliphatic rings. The van der Waals surface area contributed by atoms with Gasteiger partial charge in [-0.1, -0.05) is 0 Å². The normalized spacial score (nSPS) is 22.2. The first kappa shape index (κ1) is 29.3. The summed E-state index contributed by atoms with van der Waals surface area (Å²) in [6, 6.07) is 7.11. The molecule has 218 valence electrons. The second kappa shape index (κ2) is 11.4. The summed E-state index contributed by atoms with van der Waals surface area (Å²) < 4.78 is 22.7. The van der Waals surface area contributed by atoms with Crippen LogP contribution < -0.4 is 10.2 Å². The van der Waals surface area contributed by atoms with Crippen LogP contribution in [0.1, 0.15) is 17.5 Å². The summed E-state index contributed by atoms with van der Waals surface area (Å²) in [6.07, 6.45) is -8.24. The van der Waals surface area contributed by atoms with Gasteiger partial charge < -0.3 is 59.2 Å². The fourth-order valence-electron chi connectivity index (χ4n) is 4.17. The van der Waals surface area contributed by atoms with Gasteiger partial charge in [0.1, 0.15) is 35.6 Å². The molecule has 15 nitrogen and oxygen atoms in total. The van der Waals surface area contributed by atoms with Crippen molar-refractivity contribution in [2.75, 3.05) is 6.61 Å². The van der Waals surface area contributed by atoms with Gasteiger partial charge in [0.15, 0.2) is 23.0 Å². The molecular formula is C26H25O15+. The van der Waals surface area contributed by atoms with Crippen LogP contribution in [0.5, 0.6) is 17.2 Å². The van der Waals surface area contributed by atoms with Crippen molar-refractivity contribution >= 4 is 33.9 Å². The van der Waals surface area contributed by atoms with Crippen molar-refractivity contribution in [3.8, 4) is 28.6 Å². The highest BCUT2D eigenvalue weighted by molar-refractivity contribution is 6.11. The van der Waals surface area contributed by atoms with E-state index in [0.29, 0.717) is 0 Å². The first-order valence-corrected chi connectivity index (χ1v) is 11.8. The number of carboxylic acids is 2. The quantitative estimate of drug-likeness (QED) is 0.117. The molecule has 9 N–H and O–H groups in total. The monoisotopic (exact) mass is 577 g/mol. The molecule has 0 aliphatic carbocycles. The lowest BCUT2D eigenvalue weighted by Crippen LogP contribution is -2.60. The fraction of sp³-hybridized carbons (Fsp3) is 0.269. The lowest BCUT2D eigenvalue weighted by Gasteiger charge is -2.39. The number of aromatic carboxylic acids is 1. The Morgan fingerprint density at radius 2 is 1.56 bits per heavy atom. The van der Waals surface area contributed by atoms with Crippen LogP contribution in [0.25, 0.3) is 33.3 Å². The number of aliphatic hydroxyl groups excluding tert-OH is 4. The summed E-state index contributed by atoms with van der Waals surface area (Å²) in [7, 11) is 0. The Morgan fingerprint density at radius 1 is 0.927 bits per heavy atom. The third-order valence-corrected chi connectivity index (χ3v) is 6.01. The van der Waals surface area contributed by atoms with Crippen molar-refractivity contribution in [3.05, 3.63) is 47.6 Å². The molecule has 0 spiro atoms. The molecule has 0 unspecified atom stereocenters. The van der Waals surface area contributed by atoms with Crippen LogP contribution in [0.4, 0.5) is 0 Å². The largest absolute Gasteiger partial charge is 0.504 e. The van der Waals surface area contributed by atoms with E-state index in [1.54, 1.807) is 0 Å². The average Bonchev–Trinajstić information content (AvgIpc) is 2.90. The van der Waals surface area contributed by atoms with E-state index < -0.39 is 66.5 Å². The highest BCUT2D eigenvalue weighted by Gasteiger charge is 2.45.